The number of hydrogen-bond donors (Lipinski definition) is 2. The molecule has 0 aliphatic heterocycles. The molecule has 1 aliphatic carbocycles. The van der Waals surface area contributed by atoms with Crippen LogP contribution in [0.5, 0.6) is 5.75 Å². The highest BCUT2D eigenvalue weighted by Gasteiger charge is 2.58. The minimum atomic E-state index is -4.78. The number of halogens is 3. The fourth-order valence-electron chi connectivity index (χ4n) is 3.31. The minimum Gasteiger partial charge on any atom is -0.481 e. The van der Waals surface area contributed by atoms with Crippen LogP contribution in [0.4, 0.5) is 18.9 Å². The van der Waals surface area contributed by atoms with Crippen LogP contribution in [0.2, 0.25) is 0 Å². The quantitative estimate of drug-likeness (QED) is 0.850. The number of anilines is 1. The van der Waals surface area contributed by atoms with Gasteiger partial charge in [-0.25, -0.2) is 0 Å². The smallest absolute Gasteiger partial charge is 0.481 e. The second-order valence-corrected chi connectivity index (χ2v) is 7.01. The van der Waals surface area contributed by atoms with Crippen molar-refractivity contribution in [1.29, 1.82) is 0 Å². The lowest BCUT2D eigenvalue weighted by Crippen LogP contribution is -2.43. The Morgan fingerprint density at radius 2 is 1.76 bits per heavy atom. The van der Waals surface area contributed by atoms with E-state index in [1.807, 2.05) is 0 Å². The topological polar surface area (TPSA) is 75.6 Å². The largest absolute Gasteiger partial charge is 0.573 e. The molecule has 1 aromatic rings. The monoisotopic (exact) mass is 359 g/mol. The summed E-state index contributed by atoms with van der Waals surface area (Å²) in [6.45, 7) is 5.13. The molecule has 2 rings (SSSR count). The molecule has 1 aliphatic rings. The number of aliphatic carboxylic acids is 1. The summed E-state index contributed by atoms with van der Waals surface area (Å²) in [6, 6.07) is 4.81. The van der Waals surface area contributed by atoms with Gasteiger partial charge in [0.05, 0.1) is 5.41 Å². The maximum Gasteiger partial charge on any atom is 0.573 e. The third-order valence-corrected chi connectivity index (χ3v) is 5.37. The highest BCUT2D eigenvalue weighted by atomic mass is 19.4. The Morgan fingerprint density at radius 3 is 2.20 bits per heavy atom. The molecule has 25 heavy (non-hydrogen) atoms. The van der Waals surface area contributed by atoms with Crippen LogP contribution < -0.4 is 10.1 Å². The molecular formula is C17H20F3NO4. The van der Waals surface area contributed by atoms with E-state index >= 15 is 0 Å². The molecule has 0 saturated heterocycles. The minimum absolute atomic E-state index is 0.319. The second kappa shape index (κ2) is 6.24. The fraction of sp³-hybridized carbons (Fsp3) is 0.529. The van der Waals surface area contributed by atoms with Crippen molar-refractivity contribution in [2.24, 2.45) is 16.7 Å². The standard InChI is InChI=1S/C17H20F3NO4/c1-15(2)12(8-9-16(15,3)14(23)24)13(22)21-10-4-6-11(7-5-10)25-17(18,19)20/h4-7,12H,8-9H2,1-3H3,(H,21,22)(H,23,24)/t12-,16-/m0/s1. The SMILES string of the molecule is CC1(C)[C@H](C(=O)Nc2ccc(OC(F)(F)F)cc2)CC[C@@]1(C)C(=O)O. The summed E-state index contributed by atoms with van der Waals surface area (Å²) in [5.41, 5.74) is -1.46. The van der Waals surface area contributed by atoms with Crippen LogP contribution in [0.15, 0.2) is 24.3 Å². The number of ether oxygens (including phenoxy) is 1. The van der Waals surface area contributed by atoms with Gasteiger partial charge >= 0.3 is 12.3 Å². The number of rotatable bonds is 4. The average Bonchev–Trinajstić information content (AvgIpc) is 2.71. The molecule has 138 valence electrons. The molecule has 1 amide bonds. The fourth-order valence-corrected chi connectivity index (χ4v) is 3.31. The Bertz CT molecular complexity index is 669. The van der Waals surface area contributed by atoms with Crippen molar-refractivity contribution in [2.45, 2.75) is 40.0 Å². The van der Waals surface area contributed by atoms with E-state index in [2.05, 4.69) is 10.1 Å². The van der Waals surface area contributed by atoms with Crippen LogP contribution in [0.3, 0.4) is 0 Å². The van der Waals surface area contributed by atoms with Gasteiger partial charge in [0.1, 0.15) is 5.75 Å². The first kappa shape index (κ1) is 19.1. The summed E-state index contributed by atoms with van der Waals surface area (Å²) in [4.78, 5) is 24.1. The number of carboxylic acids is 1. The summed E-state index contributed by atoms with van der Waals surface area (Å²) in [6.07, 6.45) is -3.97. The summed E-state index contributed by atoms with van der Waals surface area (Å²) in [5, 5.41) is 12.1. The van der Waals surface area contributed by atoms with Crippen molar-refractivity contribution in [2.75, 3.05) is 5.32 Å². The lowest BCUT2D eigenvalue weighted by atomic mass is 9.65. The summed E-state index contributed by atoms with van der Waals surface area (Å²) < 4.78 is 40.2. The van der Waals surface area contributed by atoms with E-state index < -0.39 is 29.1 Å². The summed E-state index contributed by atoms with van der Waals surface area (Å²) in [7, 11) is 0. The predicted molar refractivity (Wildman–Crippen MR) is 84.0 cm³/mol. The van der Waals surface area contributed by atoms with Crippen molar-refractivity contribution in [3.63, 3.8) is 0 Å². The lowest BCUT2D eigenvalue weighted by molar-refractivity contribution is -0.274. The molecule has 2 N–H and O–H groups in total. The Kier molecular flexibility index (Phi) is 4.76. The van der Waals surface area contributed by atoms with Gasteiger partial charge in [-0.2, -0.15) is 0 Å². The van der Waals surface area contributed by atoms with Crippen molar-refractivity contribution >= 4 is 17.6 Å². The van der Waals surface area contributed by atoms with E-state index in [1.54, 1.807) is 20.8 Å². The number of carboxylic acid groups (broad SMARTS) is 1. The van der Waals surface area contributed by atoms with Gasteiger partial charge in [0.25, 0.3) is 0 Å². The number of carbonyl (C=O) groups excluding carboxylic acids is 1. The van der Waals surface area contributed by atoms with Gasteiger partial charge in [-0.05, 0) is 49.4 Å². The van der Waals surface area contributed by atoms with Gasteiger partial charge in [-0.1, -0.05) is 13.8 Å². The normalized spacial score (nSPS) is 25.4. The third kappa shape index (κ3) is 3.72. The molecule has 0 radical (unpaired) electrons. The van der Waals surface area contributed by atoms with Crippen molar-refractivity contribution in [3.8, 4) is 5.75 Å². The van der Waals surface area contributed by atoms with E-state index in [0.29, 0.717) is 18.5 Å². The zero-order chi connectivity index (χ0) is 19.0. The average molecular weight is 359 g/mol. The van der Waals surface area contributed by atoms with Crippen LogP contribution in [0.25, 0.3) is 0 Å². The first-order valence-corrected chi connectivity index (χ1v) is 7.77. The van der Waals surface area contributed by atoms with Gasteiger partial charge in [-0.3, -0.25) is 9.59 Å². The zero-order valence-corrected chi connectivity index (χ0v) is 14.1. The maximum atomic E-state index is 12.5. The van der Waals surface area contributed by atoms with Crippen LogP contribution in [-0.2, 0) is 9.59 Å². The highest BCUT2D eigenvalue weighted by Crippen LogP contribution is 2.56. The molecule has 0 unspecified atom stereocenters. The maximum absolute atomic E-state index is 12.5. The number of amides is 1. The molecule has 2 atom stereocenters. The summed E-state index contributed by atoms with van der Waals surface area (Å²) in [5.74, 6) is -2.19. The number of benzene rings is 1. The lowest BCUT2D eigenvalue weighted by Gasteiger charge is -2.37. The molecule has 1 fully saturated rings. The van der Waals surface area contributed by atoms with Gasteiger partial charge < -0.3 is 15.2 Å². The number of hydrogen-bond acceptors (Lipinski definition) is 3. The number of carbonyl (C=O) groups is 2. The first-order chi connectivity index (χ1) is 11.4. The van der Waals surface area contributed by atoms with E-state index in [0.717, 1.165) is 12.1 Å². The van der Waals surface area contributed by atoms with E-state index in [-0.39, 0.29) is 11.7 Å². The van der Waals surface area contributed by atoms with Crippen LogP contribution in [-0.4, -0.2) is 23.3 Å². The van der Waals surface area contributed by atoms with Gasteiger partial charge in [-0.15, -0.1) is 13.2 Å². The van der Waals surface area contributed by atoms with Gasteiger partial charge in [0.2, 0.25) is 5.91 Å². The third-order valence-electron chi connectivity index (χ3n) is 5.37. The Hall–Kier alpha value is -2.25. The molecular weight excluding hydrogens is 339 g/mol. The molecule has 0 aromatic heterocycles. The molecule has 8 heteroatoms. The van der Waals surface area contributed by atoms with Crippen LogP contribution in [0.1, 0.15) is 33.6 Å². The molecule has 5 nitrogen and oxygen atoms in total. The van der Waals surface area contributed by atoms with E-state index in [9.17, 15) is 27.9 Å². The molecule has 0 spiro atoms. The number of alkyl halides is 3. The Morgan fingerprint density at radius 1 is 1.20 bits per heavy atom. The van der Waals surface area contributed by atoms with E-state index in [1.165, 1.54) is 12.1 Å². The summed E-state index contributed by atoms with van der Waals surface area (Å²) >= 11 is 0. The molecule has 1 aromatic carbocycles. The highest BCUT2D eigenvalue weighted by molar-refractivity contribution is 5.94. The molecule has 0 heterocycles. The van der Waals surface area contributed by atoms with Crippen molar-refractivity contribution in [1.82, 2.24) is 0 Å². The second-order valence-electron chi connectivity index (χ2n) is 7.01. The van der Waals surface area contributed by atoms with Crippen molar-refractivity contribution in [3.05, 3.63) is 24.3 Å². The van der Waals surface area contributed by atoms with Gasteiger partial charge in [0.15, 0.2) is 0 Å². The van der Waals surface area contributed by atoms with Gasteiger partial charge in [0, 0.05) is 11.6 Å². The predicted octanol–water partition coefficient (Wildman–Crippen LogP) is 4.05. The van der Waals surface area contributed by atoms with E-state index in [4.69, 9.17) is 0 Å². The zero-order valence-electron chi connectivity index (χ0n) is 14.1. The molecule has 0 bridgehead atoms. The Labute approximate surface area is 143 Å². The van der Waals surface area contributed by atoms with Crippen molar-refractivity contribution < 1.29 is 32.6 Å². The Balaban J connectivity index is 2.09. The first-order valence-electron chi connectivity index (χ1n) is 7.77. The number of nitrogens with one attached hydrogen (secondary N) is 1. The molecule has 1 saturated carbocycles. The van der Waals surface area contributed by atoms with Crippen LogP contribution in [0, 0.1) is 16.7 Å². The van der Waals surface area contributed by atoms with Crippen LogP contribution >= 0.6 is 0 Å².